The predicted octanol–water partition coefficient (Wildman–Crippen LogP) is 4.77. The van der Waals surface area contributed by atoms with Crippen molar-refractivity contribution >= 4 is 11.6 Å². The fraction of sp³-hybridized carbons (Fsp3) is 0.190. The summed E-state index contributed by atoms with van der Waals surface area (Å²) in [5, 5.41) is 12.6. The Morgan fingerprint density at radius 2 is 1.85 bits per heavy atom. The van der Waals surface area contributed by atoms with Gasteiger partial charge in [-0.3, -0.25) is 0 Å². The number of nitriles is 1. The molecule has 0 aliphatic carbocycles. The number of aryl methyl sites for hydroxylation is 2. The van der Waals surface area contributed by atoms with Crippen molar-refractivity contribution in [1.82, 2.24) is 9.97 Å². The van der Waals surface area contributed by atoms with Gasteiger partial charge in [-0.15, -0.1) is 0 Å². The Morgan fingerprint density at radius 1 is 1.08 bits per heavy atom. The summed E-state index contributed by atoms with van der Waals surface area (Å²) in [5.41, 5.74) is 5.38. The molecule has 0 saturated carbocycles. The molecule has 1 N–H and O–H groups in total. The number of hydrogen-bond donors (Lipinski definition) is 1. The zero-order valence-corrected chi connectivity index (χ0v) is 15.1. The molecule has 0 aliphatic rings. The maximum absolute atomic E-state index is 9.34. The SMILES string of the molecule is CCOc1ccc(-c2ccnc(Nc3cc(C)cc(C)c3)n2)cc1C#N. The van der Waals surface area contributed by atoms with Crippen LogP contribution < -0.4 is 10.1 Å². The first-order chi connectivity index (χ1) is 12.6. The van der Waals surface area contributed by atoms with Crippen LogP contribution in [0.2, 0.25) is 0 Å². The smallest absolute Gasteiger partial charge is 0.227 e. The largest absolute Gasteiger partial charge is 0.492 e. The van der Waals surface area contributed by atoms with Gasteiger partial charge in [0.25, 0.3) is 0 Å². The minimum absolute atomic E-state index is 0.492. The number of nitrogens with zero attached hydrogens (tertiary/aromatic N) is 3. The molecular weight excluding hydrogens is 324 g/mol. The number of hydrogen-bond acceptors (Lipinski definition) is 5. The molecule has 0 spiro atoms. The molecule has 0 fully saturated rings. The van der Waals surface area contributed by atoms with Gasteiger partial charge in [-0.05, 0) is 68.3 Å². The Morgan fingerprint density at radius 3 is 2.54 bits per heavy atom. The van der Waals surface area contributed by atoms with E-state index in [-0.39, 0.29) is 0 Å². The van der Waals surface area contributed by atoms with Crippen molar-refractivity contribution in [3.63, 3.8) is 0 Å². The molecule has 130 valence electrons. The normalized spacial score (nSPS) is 10.2. The lowest BCUT2D eigenvalue weighted by atomic mass is 10.1. The molecule has 26 heavy (non-hydrogen) atoms. The number of benzene rings is 2. The molecule has 0 bridgehead atoms. The molecule has 0 atom stereocenters. The van der Waals surface area contributed by atoms with Crippen LogP contribution in [0.5, 0.6) is 5.75 Å². The van der Waals surface area contributed by atoms with E-state index in [1.807, 2.05) is 31.2 Å². The highest BCUT2D eigenvalue weighted by Gasteiger charge is 2.08. The van der Waals surface area contributed by atoms with Gasteiger partial charge < -0.3 is 10.1 Å². The van der Waals surface area contributed by atoms with E-state index in [9.17, 15) is 5.26 Å². The number of anilines is 2. The topological polar surface area (TPSA) is 70.8 Å². The summed E-state index contributed by atoms with van der Waals surface area (Å²) in [6, 6.07) is 15.7. The van der Waals surface area contributed by atoms with Gasteiger partial charge in [0.2, 0.25) is 5.95 Å². The summed E-state index contributed by atoms with van der Waals surface area (Å²) in [4.78, 5) is 8.87. The molecule has 0 saturated heterocycles. The molecule has 5 heteroatoms. The second-order valence-corrected chi connectivity index (χ2v) is 6.02. The summed E-state index contributed by atoms with van der Waals surface area (Å²) in [6.45, 7) is 6.52. The van der Waals surface area contributed by atoms with Crippen molar-refractivity contribution in [2.45, 2.75) is 20.8 Å². The van der Waals surface area contributed by atoms with Gasteiger partial charge in [0.1, 0.15) is 11.8 Å². The number of nitrogens with one attached hydrogen (secondary N) is 1. The molecule has 5 nitrogen and oxygen atoms in total. The van der Waals surface area contributed by atoms with E-state index >= 15 is 0 Å². The lowest BCUT2D eigenvalue weighted by molar-refractivity contribution is 0.339. The maximum atomic E-state index is 9.34. The highest BCUT2D eigenvalue weighted by molar-refractivity contribution is 5.66. The zero-order chi connectivity index (χ0) is 18.5. The molecule has 2 aromatic carbocycles. The van der Waals surface area contributed by atoms with Crippen molar-refractivity contribution in [2.24, 2.45) is 0 Å². The average Bonchev–Trinajstić information content (AvgIpc) is 2.61. The quantitative estimate of drug-likeness (QED) is 0.721. The van der Waals surface area contributed by atoms with Gasteiger partial charge in [-0.2, -0.15) is 5.26 Å². The molecule has 3 rings (SSSR count). The summed E-state index contributed by atoms with van der Waals surface area (Å²) in [6.07, 6.45) is 1.70. The lowest BCUT2D eigenvalue weighted by Crippen LogP contribution is -1.99. The fourth-order valence-electron chi connectivity index (χ4n) is 2.81. The van der Waals surface area contributed by atoms with E-state index in [0.29, 0.717) is 23.9 Å². The van der Waals surface area contributed by atoms with E-state index in [4.69, 9.17) is 4.74 Å². The standard InChI is InChI=1S/C21H20N4O/c1-4-26-20-6-5-16(12-17(20)13-22)19-7-8-23-21(25-19)24-18-10-14(2)9-15(3)11-18/h5-12H,4H2,1-3H3,(H,23,24,25). The predicted molar refractivity (Wildman–Crippen MR) is 103 cm³/mol. The number of ether oxygens (including phenoxy) is 1. The Hall–Kier alpha value is -3.39. The molecule has 0 aliphatic heterocycles. The molecule has 0 radical (unpaired) electrons. The van der Waals surface area contributed by atoms with E-state index in [0.717, 1.165) is 16.9 Å². The second kappa shape index (κ2) is 7.66. The van der Waals surface area contributed by atoms with Crippen LogP contribution >= 0.6 is 0 Å². The summed E-state index contributed by atoms with van der Waals surface area (Å²) in [5.74, 6) is 1.10. The first kappa shape index (κ1) is 17.4. The Bertz CT molecular complexity index is 956. The van der Waals surface area contributed by atoms with Crippen LogP contribution in [0.1, 0.15) is 23.6 Å². The Kier molecular flexibility index (Phi) is 5.14. The van der Waals surface area contributed by atoms with Crippen LogP contribution in [0.3, 0.4) is 0 Å². The average molecular weight is 344 g/mol. The van der Waals surface area contributed by atoms with Gasteiger partial charge in [0.05, 0.1) is 17.9 Å². The first-order valence-electron chi connectivity index (χ1n) is 8.44. The minimum atomic E-state index is 0.492. The third-order valence-corrected chi connectivity index (χ3v) is 3.83. The highest BCUT2D eigenvalue weighted by Crippen LogP contribution is 2.26. The summed E-state index contributed by atoms with van der Waals surface area (Å²) in [7, 11) is 0. The van der Waals surface area contributed by atoms with Gasteiger partial charge in [0.15, 0.2) is 0 Å². The van der Waals surface area contributed by atoms with Crippen LogP contribution in [-0.2, 0) is 0 Å². The van der Waals surface area contributed by atoms with Gasteiger partial charge in [0, 0.05) is 17.4 Å². The molecular formula is C21H20N4O. The molecule has 1 aromatic heterocycles. The van der Waals surface area contributed by atoms with Crippen molar-refractivity contribution in [3.8, 4) is 23.1 Å². The number of aromatic nitrogens is 2. The molecule has 0 unspecified atom stereocenters. The molecule has 1 heterocycles. The van der Waals surface area contributed by atoms with Crippen LogP contribution in [0.25, 0.3) is 11.3 Å². The van der Waals surface area contributed by atoms with E-state index in [2.05, 4.69) is 41.3 Å². The third-order valence-electron chi connectivity index (χ3n) is 3.83. The fourth-order valence-corrected chi connectivity index (χ4v) is 2.81. The van der Waals surface area contributed by atoms with Gasteiger partial charge in [-0.1, -0.05) is 6.07 Å². The molecule has 3 aromatic rings. The lowest BCUT2D eigenvalue weighted by Gasteiger charge is -2.10. The van der Waals surface area contributed by atoms with Crippen LogP contribution in [0.4, 0.5) is 11.6 Å². The number of rotatable bonds is 5. The van der Waals surface area contributed by atoms with Crippen molar-refractivity contribution in [3.05, 3.63) is 65.4 Å². The van der Waals surface area contributed by atoms with Crippen molar-refractivity contribution < 1.29 is 4.74 Å². The van der Waals surface area contributed by atoms with E-state index in [1.165, 1.54) is 11.1 Å². The third kappa shape index (κ3) is 3.98. The first-order valence-corrected chi connectivity index (χ1v) is 8.44. The van der Waals surface area contributed by atoms with Gasteiger partial charge in [-0.25, -0.2) is 9.97 Å². The van der Waals surface area contributed by atoms with Crippen LogP contribution in [0.15, 0.2) is 48.7 Å². The van der Waals surface area contributed by atoms with E-state index < -0.39 is 0 Å². The van der Waals surface area contributed by atoms with Gasteiger partial charge >= 0.3 is 0 Å². The van der Waals surface area contributed by atoms with Crippen molar-refractivity contribution in [2.75, 3.05) is 11.9 Å². The maximum Gasteiger partial charge on any atom is 0.227 e. The van der Waals surface area contributed by atoms with Crippen LogP contribution in [0, 0.1) is 25.2 Å². The summed E-state index contributed by atoms with van der Waals surface area (Å²) >= 11 is 0. The monoisotopic (exact) mass is 344 g/mol. The second-order valence-electron chi connectivity index (χ2n) is 6.02. The Balaban J connectivity index is 1.91. The zero-order valence-electron chi connectivity index (χ0n) is 15.1. The Labute approximate surface area is 153 Å². The molecule has 0 amide bonds. The summed E-state index contributed by atoms with van der Waals surface area (Å²) < 4.78 is 5.48. The minimum Gasteiger partial charge on any atom is -0.492 e. The van der Waals surface area contributed by atoms with E-state index in [1.54, 1.807) is 18.3 Å². The van der Waals surface area contributed by atoms with Crippen molar-refractivity contribution in [1.29, 1.82) is 5.26 Å². The highest BCUT2D eigenvalue weighted by atomic mass is 16.5. The van der Waals surface area contributed by atoms with Crippen LogP contribution in [-0.4, -0.2) is 16.6 Å².